The van der Waals surface area contributed by atoms with Crippen LogP contribution in [0.25, 0.3) is 0 Å². The van der Waals surface area contributed by atoms with Crippen LogP contribution < -0.4 is 10.1 Å². The van der Waals surface area contributed by atoms with Gasteiger partial charge in [0.25, 0.3) is 5.91 Å². The maximum absolute atomic E-state index is 12.4. The summed E-state index contributed by atoms with van der Waals surface area (Å²) >= 11 is 0. The summed E-state index contributed by atoms with van der Waals surface area (Å²) in [6.07, 6.45) is 0. The quantitative estimate of drug-likeness (QED) is 0.820. The van der Waals surface area contributed by atoms with Gasteiger partial charge in [0.1, 0.15) is 5.75 Å². The summed E-state index contributed by atoms with van der Waals surface area (Å²) in [5.41, 5.74) is 1.14. The molecule has 0 unspecified atom stereocenters. The van der Waals surface area contributed by atoms with Crippen molar-refractivity contribution in [1.82, 2.24) is 9.62 Å². The zero-order valence-electron chi connectivity index (χ0n) is 14.5. The van der Waals surface area contributed by atoms with Crippen LogP contribution in [0.2, 0.25) is 0 Å². The number of rotatable bonds is 7. The van der Waals surface area contributed by atoms with Crippen LogP contribution in [-0.4, -0.2) is 39.3 Å². The molecule has 0 saturated carbocycles. The van der Waals surface area contributed by atoms with Crippen LogP contribution >= 0.6 is 0 Å². The van der Waals surface area contributed by atoms with Crippen LogP contribution in [0.4, 0.5) is 0 Å². The van der Waals surface area contributed by atoms with Gasteiger partial charge in [-0.25, -0.2) is 12.7 Å². The number of amides is 1. The number of carbonyl (C=O) groups excluding carboxylic acids is 1. The molecule has 0 saturated heterocycles. The fraction of sp³-hybridized carbons (Fsp3) is 0.278. The van der Waals surface area contributed by atoms with E-state index in [1.165, 1.54) is 26.2 Å². The van der Waals surface area contributed by atoms with Crippen molar-refractivity contribution in [2.45, 2.75) is 18.4 Å². The zero-order valence-corrected chi connectivity index (χ0v) is 15.3. The summed E-state index contributed by atoms with van der Waals surface area (Å²) in [6, 6.07) is 13.4. The van der Waals surface area contributed by atoms with Gasteiger partial charge in [-0.05, 0) is 31.2 Å². The molecule has 2 aromatic rings. The molecule has 0 aliphatic rings. The van der Waals surface area contributed by atoms with Crippen molar-refractivity contribution in [3.8, 4) is 5.75 Å². The SMILES string of the molecule is CCOc1ccccc1CNC(=O)c1cccc(S(=O)(=O)N(C)C)c1. The molecular formula is C18H22N2O4S. The van der Waals surface area contributed by atoms with Crippen molar-refractivity contribution in [3.05, 3.63) is 59.7 Å². The Bertz CT molecular complexity index is 848. The topological polar surface area (TPSA) is 75.7 Å². The minimum absolute atomic E-state index is 0.0832. The Balaban J connectivity index is 2.15. The second kappa shape index (κ2) is 8.13. The van der Waals surface area contributed by atoms with Crippen molar-refractivity contribution in [2.75, 3.05) is 20.7 Å². The lowest BCUT2D eigenvalue weighted by molar-refractivity contribution is 0.0950. The molecule has 7 heteroatoms. The number of nitrogens with zero attached hydrogens (tertiary/aromatic N) is 1. The van der Waals surface area contributed by atoms with Crippen LogP contribution in [0.15, 0.2) is 53.4 Å². The highest BCUT2D eigenvalue weighted by atomic mass is 32.2. The molecule has 25 heavy (non-hydrogen) atoms. The largest absolute Gasteiger partial charge is 0.494 e. The Labute approximate surface area is 148 Å². The molecule has 0 atom stereocenters. The van der Waals surface area contributed by atoms with Crippen LogP contribution in [0.5, 0.6) is 5.75 Å². The molecule has 0 aliphatic heterocycles. The minimum Gasteiger partial charge on any atom is -0.494 e. The first-order valence-corrected chi connectivity index (χ1v) is 9.31. The van der Waals surface area contributed by atoms with Gasteiger partial charge < -0.3 is 10.1 Å². The number of benzene rings is 2. The fourth-order valence-electron chi connectivity index (χ4n) is 2.23. The molecule has 0 spiro atoms. The van der Waals surface area contributed by atoms with Crippen LogP contribution in [-0.2, 0) is 16.6 Å². The Morgan fingerprint density at radius 3 is 2.52 bits per heavy atom. The van der Waals surface area contributed by atoms with Gasteiger partial charge >= 0.3 is 0 Å². The van der Waals surface area contributed by atoms with Gasteiger partial charge in [0.05, 0.1) is 11.5 Å². The zero-order chi connectivity index (χ0) is 18.4. The van der Waals surface area contributed by atoms with Crippen LogP contribution in [0.3, 0.4) is 0 Å². The van der Waals surface area contributed by atoms with E-state index in [1.807, 2.05) is 31.2 Å². The number of ether oxygens (including phenoxy) is 1. The van der Waals surface area contributed by atoms with Crippen molar-refractivity contribution >= 4 is 15.9 Å². The number of sulfonamides is 1. The van der Waals surface area contributed by atoms with E-state index in [4.69, 9.17) is 4.74 Å². The molecule has 0 bridgehead atoms. The lowest BCUT2D eigenvalue weighted by Gasteiger charge is -2.13. The molecule has 0 fully saturated rings. The maximum atomic E-state index is 12.4. The van der Waals surface area contributed by atoms with Crippen LogP contribution in [0.1, 0.15) is 22.8 Å². The van der Waals surface area contributed by atoms with Gasteiger partial charge in [0.15, 0.2) is 0 Å². The first-order chi connectivity index (χ1) is 11.9. The number of hydrogen-bond donors (Lipinski definition) is 1. The van der Waals surface area contributed by atoms with E-state index in [1.54, 1.807) is 12.1 Å². The molecule has 0 aliphatic carbocycles. The van der Waals surface area contributed by atoms with E-state index in [0.717, 1.165) is 9.87 Å². The average molecular weight is 362 g/mol. The summed E-state index contributed by atoms with van der Waals surface area (Å²) in [5, 5.41) is 2.79. The lowest BCUT2D eigenvalue weighted by Crippen LogP contribution is -2.25. The normalized spacial score (nSPS) is 11.4. The highest BCUT2D eigenvalue weighted by Gasteiger charge is 2.18. The number of nitrogens with one attached hydrogen (secondary N) is 1. The fourth-order valence-corrected chi connectivity index (χ4v) is 3.18. The molecule has 2 rings (SSSR count). The lowest BCUT2D eigenvalue weighted by atomic mass is 10.1. The summed E-state index contributed by atoms with van der Waals surface area (Å²) in [7, 11) is -0.678. The molecule has 134 valence electrons. The van der Waals surface area contributed by atoms with E-state index < -0.39 is 10.0 Å². The summed E-state index contributed by atoms with van der Waals surface area (Å²) in [5.74, 6) is 0.372. The number of hydrogen-bond acceptors (Lipinski definition) is 4. The van der Waals surface area contributed by atoms with E-state index in [0.29, 0.717) is 18.9 Å². The molecule has 0 heterocycles. The molecule has 0 radical (unpaired) electrons. The van der Waals surface area contributed by atoms with Crippen LogP contribution in [0, 0.1) is 0 Å². The number of carbonyl (C=O) groups is 1. The Morgan fingerprint density at radius 1 is 1.12 bits per heavy atom. The first kappa shape index (κ1) is 19.0. The van der Waals surface area contributed by atoms with Gasteiger partial charge in [-0.3, -0.25) is 4.79 Å². The number of para-hydroxylation sites is 1. The van der Waals surface area contributed by atoms with Gasteiger partial charge in [-0.1, -0.05) is 24.3 Å². The summed E-state index contributed by atoms with van der Waals surface area (Å²) in [4.78, 5) is 12.5. The smallest absolute Gasteiger partial charge is 0.251 e. The summed E-state index contributed by atoms with van der Waals surface area (Å²) in [6.45, 7) is 2.72. The summed E-state index contributed by atoms with van der Waals surface area (Å²) < 4.78 is 31.0. The third-order valence-electron chi connectivity index (χ3n) is 3.59. The third-order valence-corrected chi connectivity index (χ3v) is 5.40. The monoisotopic (exact) mass is 362 g/mol. The molecule has 0 aromatic heterocycles. The maximum Gasteiger partial charge on any atom is 0.251 e. The first-order valence-electron chi connectivity index (χ1n) is 7.87. The van der Waals surface area contributed by atoms with Crippen molar-refractivity contribution in [3.63, 3.8) is 0 Å². The van der Waals surface area contributed by atoms with Gasteiger partial charge in [-0.2, -0.15) is 0 Å². The van der Waals surface area contributed by atoms with Crippen molar-refractivity contribution < 1.29 is 17.9 Å². The van der Waals surface area contributed by atoms with E-state index in [9.17, 15) is 13.2 Å². The van der Waals surface area contributed by atoms with E-state index in [-0.39, 0.29) is 16.4 Å². The Morgan fingerprint density at radius 2 is 1.84 bits per heavy atom. The predicted octanol–water partition coefficient (Wildman–Crippen LogP) is 2.27. The molecular weight excluding hydrogens is 340 g/mol. The average Bonchev–Trinajstić information content (AvgIpc) is 2.61. The standard InChI is InChI=1S/C18H22N2O4S/c1-4-24-17-11-6-5-8-15(17)13-19-18(21)14-9-7-10-16(12-14)25(22,23)20(2)3/h5-12H,4,13H2,1-3H3,(H,19,21). The highest BCUT2D eigenvalue weighted by Crippen LogP contribution is 2.18. The van der Waals surface area contributed by atoms with Gasteiger partial charge in [0, 0.05) is 31.8 Å². The van der Waals surface area contributed by atoms with Crippen molar-refractivity contribution in [2.24, 2.45) is 0 Å². The minimum atomic E-state index is -3.58. The molecule has 1 amide bonds. The third kappa shape index (κ3) is 4.58. The highest BCUT2D eigenvalue weighted by molar-refractivity contribution is 7.89. The second-order valence-corrected chi connectivity index (χ2v) is 7.69. The van der Waals surface area contributed by atoms with Crippen molar-refractivity contribution in [1.29, 1.82) is 0 Å². The predicted molar refractivity (Wildman–Crippen MR) is 96.1 cm³/mol. The van der Waals surface area contributed by atoms with E-state index in [2.05, 4.69) is 5.32 Å². The van der Waals surface area contributed by atoms with Gasteiger partial charge in [-0.15, -0.1) is 0 Å². The Kier molecular flexibility index (Phi) is 6.17. The van der Waals surface area contributed by atoms with E-state index >= 15 is 0 Å². The second-order valence-electron chi connectivity index (χ2n) is 5.54. The molecule has 1 N–H and O–H groups in total. The molecule has 6 nitrogen and oxygen atoms in total. The molecule has 2 aromatic carbocycles. The Hall–Kier alpha value is -2.38. The van der Waals surface area contributed by atoms with Gasteiger partial charge in [0.2, 0.25) is 10.0 Å².